The Morgan fingerprint density at radius 2 is 2.06 bits per heavy atom. The zero-order chi connectivity index (χ0) is 21.6. The Bertz CT molecular complexity index is 1070. The Morgan fingerprint density at radius 1 is 1.23 bits per heavy atom. The van der Waals surface area contributed by atoms with Crippen molar-refractivity contribution >= 4 is 22.7 Å². The van der Waals surface area contributed by atoms with Gasteiger partial charge >= 0.3 is 0 Å². The summed E-state index contributed by atoms with van der Waals surface area (Å²) in [4.78, 5) is 36.2. The van der Waals surface area contributed by atoms with Crippen LogP contribution in [0.15, 0.2) is 54.7 Å². The predicted molar refractivity (Wildman–Crippen MR) is 115 cm³/mol. The highest BCUT2D eigenvalue weighted by Gasteiger charge is 2.28. The molecule has 1 fully saturated rings. The maximum atomic E-state index is 12.8. The summed E-state index contributed by atoms with van der Waals surface area (Å²) in [5, 5.41) is 3.63. The first-order valence-corrected chi connectivity index (χ1v) is 10.2. The summed E-state index contributed by atoms with van der Waals surface area (Å²) in [6.45, 7) is 2.04. The number of benzene rings is 1. The number of ether oxygens (including phenoxy) is 2. The molecular weight excluding hydrogens is 396 g/mol. The van der Waals surface area contributed by atoms with Crippen LogP contribution in [0, 0.1) is 0 Å². The standard InChI is InChI=1S/C23H24N4O4/c1-30-12-10-25-22(28)17-14-20(26-18-7-3-2-6-16(17)18)21-15-27(11-13-31-21)23(29)19-8-4-5-9-24-19/h2-9,14,21H,10-13,15H2,1H3,(H,25,28)/t21-/m1/s1. The minimum Gasteiger partial charge on any atom is -0.383 e. The smallest absolute Gasteiger partial charge is 0.272 e. The van der Waals surface area contributed by atoms with E-state index in [9.17, 15) is 9.59 Å². The van der Waals surface area contributed by atoms with Crippen LogP contribution in [-0.2, 0) is 9.47 Å². The molecule has 0 saturated carbocycles. The van der Waals surface area contributed by atoms with Crippen LogP contribution in [0.5, 0.6) is 0 Å². The first-order valence-electron chi connectivity index (χ1n) is 10.2. The van der Waals surface area contributed by atoms with Gasteiger partial charge in [0.1, 0.15) is 11.8 Å². The fourth-order valence-corrected chi connectivity index (χ4v) is 3.57. The first kappa shape index (κ1) is 20.9. The molecule has 1 atom stereocenters. The van der Waals surface area contributed by atoms with E-state index < -0.39 is 6.10 Å². The molecule has 0 radical (unpaired) electrons. The number of amides is 2. The summed E-state index contributed by atoms with van der Waals surface area (Å²) < 4.78 is 10.9. The molecule has 8 heteroatoms. The van der Waals surface area contributed by atoms with Gasteiger partial charge < -0.3 is 19.7 Å². The van der Waals surface area contributed by atoms with E-state index in [-0.39, 0.29) is 11.8 Å². The van der Waals surface area contributed by atoms with Crippen molar-refractivity contribution in [3.63, 3.8) is 0 Å². The highest BCUT2D eigenvalue weighted by molar-refractivity contribution is 6.06. The Labute approximate surface area is 180 Å². The molecule has 4 rings (SSSR count). The monoisotopic (exact) mass is 420 g/mol. The van der Waals surface area contributed by atoms with Gasteiger partial charge in [0.05, 0.1) is 36.5 Å². The quantitative estimate of drug-likeness (QED) is 0.615. The van der Waals surface area contributed by atoms with Gasteiger partial charge in [-0.2, -0.15) is 0 Å². The number of para-hydroxylation sites is 1. The van der Waals surface area contributed by atoms with Gasteiger partial charge in [-0.3, -0.25) is 14.6 Å². The van der Waals surface area contributed by atoms with E-state index >= 15 is 0 Å². The van der Waals surface area contributed by atoms with Crippen LogP contribution in [0.4, 0.5) is 0 Å². The largest absolute Gasteiger partial charge is 0.383 e. The third-order valence-electron chi connectivity index (χ3n) is 5.14. The lowest BCUT2D eigenvalue weighted by Gasteiger charge is -2.32. The van der Waals surface area contributed by atoms with E-state index in [1.54, 1.807) is 42.5 Å². The molecular formula is C23H24N4O4. The molecule has 0 spiro atoms. The van der Waals surface area contributed by atoms with Gasteiger partial charge in [-0.25, -0.2) is 4.98 Å². The maximum absolute atomic E-state index is 12.8. The van der Waals surface area contributed by atoms with Crippen LogP contribution >= 0.6 is 0 Å². The van der Waals surface area contributed by atoms with Crippen molar-refractivity contribution in [2.24, 2.45) is 0 Å². The summed E-state index contributed by atoms with van der Waals surface area (Å²) in [5.74, 6) is -0.346. The average Bonchev–Trinajstić information content (AvgIpc) is 2.83. The van der Waals surface area contributed by atoms with Crippen LogP contribution in [0.1, 0.15) is 32.6 Å². The van der Waals surface area contributed by atoms with Gasteiger partial charge in [0, 0.05) is 31.8 Å². The molecule has 1 N–H and O–H groups in total. The number of hydrogen-bond acceptors (Lipinski definition) is 6. The van der Waals surface area contributed by atoms with E-state index in [0.29, 0.717) is 55.3 Å². The summed E-state index contributed by atoms with van der Waals surface area (Å²) in [5.41, 5.74) is 2.24. The van der Waals surface area contributed by atoms with Crippen molar-refractivity contribution in [3.05, 3.63) is 71.7 Å². The molecule has 8 nitrogen and oxygen atoms in total. The number of carbonyl (C=O) groups is 2. The molecule has 3 heterocycles. The summed E-state index contributed by atoms with van der Waals surface area (Å²) in [7, 11) is 1.59. The maximum Gasteiger partial charge on any atom is 0.272 e. The normalized spacial score (nSPS) is 16.3. The van der Waals surface area contributed by atoms with Gasteiger partial charge in [0.15, 0.2) is 0 Å². The third-order valence-corrected chi connectivity index (χ3v) is 5.14. The van der Waals surface area contributed by atoms with Gasteiger partial charge in [-0.1, -0.05) is 24.3 Å². The van der Waals surface area contributed by atoms with Crippen molar-refractivity contribution < 1.29 is 19.1 Å². The molecule has 0 aliphatic carbocycles. The third kappa shape index (κ3) is 4.70. The fraction of sp³-hybridized carbons (Fsp3) is 0.304. The summed E-state index contributed by atoms with van der Waals surface area (Å²) >= 11 is 0. The molecule has 31 heavy (non-hydrogen) atoms. The van der Waals surface area contributed by atoms with E-state index in [4.69, 9.17) is 14.5 Å². The van der Waals surface area contributed by atoms with Crippen molar-refractivity contribution in [2.75, 3.05) is 40.0 Å². The van der Waals surface area contributed by atoms with Crippen molar-refractivity contribution in [2.45, 2.75) is 6.10 Å². The zero-order valence-corrected chi connectivity index (χ0v) is 17.3. The minimum absolute atomic E-state index is 0.146. The van der Waals surface area contributed by atoms with Crippen LogP contribution in [0.3, 0.4) is 0 Å². The van der Waals surface area contributed by atoms with E-state index in [1.165, 1.54) is 0 Å². The average molecular weight is 420 g/mol. The lowest BCUT2D eigenvalue weighted by Crippen LogP contribution is -2.42. The van der Waals surface area contributed by atoms with Crippen molar-refractivity contribution in [1.29, 1.82) is 0 Å². The number of pyridine rings is 2. The molecule has 0 unspecified atom stereocenters. The number of nitrogens with zero attached hydrogens (tertiary/aromatic N) is 3. The molecule has 2 amide bonds. The zero-order valence-electron chi connectivity index (χ0n) is 17.3. The molecule has 1 saturated heterocycles. The predicted octanol–water partition coefficient (Wildman–Crippen LogP) is 2.22. The number of morpholine rings is 1. The van der Waals surface area contributed by atoms with Crippen molar-refractivity contribution in [3.8, 4) is 0 Å². The SMILES string of the molecule is COCCNC(=O)c1cc([C@H]2CN(C(=O)c3ccccn3)CCO2)nc2ccccc12. The number of hydrogen-bond donors (Lipinski definition) is 1. The minimum atomic E-state index is -0.434. The molecule has 1 aliphatic rings. The Morgan fingerprint density at radius 3 is 2.87 bits per heavy atom. The molecule has 1 aliphatic heterocycles. The lowest BCUT2D eigenvalue weighted by molar-refractivity contribution is -0.0248. The van der Waals surface area contributed by atoms with Crippen LogP contribution in [0.25, 0.3) is 10.9 Å². The molecule has 160 valence electrons. The second kappa shape index (κ2) is 9.63. The molecule has 1 aromatic carbocycles. The highest BCUT2D eigenvalue weighted by Crippen LogP contribution is 2.26. The molecule has 2 aromatic heterocycles. The van der Waals surface area contributed by atoms with Crippen molar-refractivity contribution in [1.82, 2.24) is 20.2 Å². The number of methoxy groups -OCH3 is 1. The van der Waals surface area contributed by atoms with Crippen LogP contribution < -0.4 is 5.32 Å². The number of fused-ring (bicyclic) bond motifs is 1. The van der Waals surface area contributed by atoms with Crippen LogP contribution in [-0.4, -0.2) is 66.6 Å². The second-order valence-corrected chi connectivity index (χ2v) is 7.19. The Hall–Kier alpha value is -3.36. The van der Waals surface area contributed by atoms with E-state index in [2.05, 4.69) is 10.3 Å². The highest BCUT2D eigenvalue weighted by atomic mass is 16.5. The Balaban J connectivity index is 1.61. The van der Waals surface area contributed by atoms with E-state index in [1.807, 2.05) is 24.3 Å². The van der Waals surface area contributed by atoms with Gasteiger partial charge in [0.25, 0.3) is 11.8 Å². The van der Waals surface area contributed by atoms with Gasteiger partial charge in [0.2, 0.25) is 0 Å². The number of carbonyl (C=O) groups excluding carboxylic acids is 2. The van der Waals surface area contributed by atoms with Crippen LogP contribution in [0.2, 0.25) is 0 Å². The first-order chi connectivity index (χ1) is 15.2. The topological polar surface area (TPSA) is 93.7 Å². The fourth-order valence-electron chi connectivity index (χ4n) is 3.57. The second-order valence-electron chi connectivity index (χ2n) is 7.19. The number of aromatic nitrogens is 2. The lowest BCUT2D eigenvalue weighted by atomic mass is 10.0. The van der Waals surface area contributed by atoms with E-state index in [0.717, 1.165) is 5.39 Å². The van der Waals surface area contributed by atoms with Gasteiger partial charge in [-0.05, 0) is 24.3 Å². The Kier molecular flexibility index (Phi) is 6.49. The van der Waals surface area contributed by atoms with Gasteiger partial charge in [-0.15, -0.1) is 0 Å². The summed E-state index contributed by atoms with van der Waals surface area (Å²) in [6.07, 6.45) is 1.17. The number of nitrogens with one attached hydrogen (secondary N) is 1. The summed E-state index contributed by atoms with van der Waals surface area (Å²) in [6, 6.07) is 14.5. The molecule has 0 bridgehead atoms. The molecule has 3 aromatic rings. The number of rotatable bonds is 6.